The fraction of sp³-hybridized carbons (Fsp3) is 0.385. The molecule has 1 rings (SSSR count). The molecular formula is C13H17ClS. The van der Waals surface area contributed by atoms with Gasteiger partial charge in [-0.25, -0.2) is 0 Å². The Hall–Kier alpha value is -0.400. The lowest BCUT2D eigenvalue weighted by molar-refractivity contribution is 1.10. The smallest absolute Gasteiger partial charge is 0.0449 e. The highest BCUT2D eigenvalue weighted by Gasteiger charge is 2.04. The van der Waals surface area contributed by atoms with Crippen molar-refractivity contribution in [1.82, 2.24) is 0 Å². The standard InChI is InChI=1S/C13H17ClS/c1-3-5-9-15-10-12-11(4-2)7-6-8-13(12)14/h3,6-8H,1,4-5,9-10H2,2H3. The predicted octanol–water partition coefficient (Wildman–Crippen LogP) is 4.71. The van der Waals surface area contributed by atoms with Gasteiger partial charge in [-0.2, -0.15) is 11.8 Å². The molecular weight excluding hydrogens is 224 g/mol. The fourth-order valence-corrected chi connectivity index (χ4v) is 2.80. The van der Waals surface area contributed by atoms with Gasteiger partial charge in [0, 0.05) is 10.8 Å². The highest BCUT2D eigenvalue weighted by molar-refractivity contribution is 7.98. The van der Waals surface area contributed by atoms with Gasteiger partial charge in [0.15, 0.2) is 0 Å². The van der Waals surface area contributed by atoms with Gasteiger partial charge < -0.3 is 0 Å². The van der Waals surface area contributed by atoms with Crippen LogP contribution < -0.4 is 0 Å². The maximum Gasteiger partial charge on any atom is 0.0449 e. The number of hydrogen-bond acceptors (Lipinski definition) is 1. The molecule has 1 aromatic rings. The second-order valence-electron chi connectivity index (χ2n) is 3.36. The summed E-state index contributed by atoms with van der Waals surface area (Å²) in [7, 11) is 0. The molecule has 0 amide bonds. The van der Waals surface area contributed by atoms with E-state index in [4.69, 9.17) is 11.6 Å². The number of aryl methyl sites for hydroxylation is 1. The van der Waals surface area contributed by atoms with Crippen LogP contribution in [0.1, 0.15) is 24.5 Å². The highest BCUT2D eigenvalue weighted by Crippen LogP contribution is 2.25. The SMILES string of the molecule is C=CCCSCc1c(Cl)cccc1CC. The van der Waals surface area contributed by atoms with Gasteiger partial charge in [-0.15, -0.1) is 6.58 Å². The molecule has 0 N–H and O–H groups in total. The summed E-state index contributed by atoms with van der Waals surface area (Å²) in [5.41, 5.74) is 2.67. The van der Waals surface area contributed by atoms with Gasteiger partial charge in [0.25, 0.3) is 0 Å². The number of rotatable bonds is 6. The van der Waals surface area contributed by atoms with Crippen molar-refractivity contribution in [3.63, 3.8) is 0 Å². The molecule has 0 aliphatic rings. The molecule has 2 heteroatoms. The maximum absolute atomic E-state index is 6.19. The van der Waals surface area contributed by atoms with Crippen LogP contribution in [0.3, 0.4) is 0 Å². The van der Waals surface area contributed by atoms with Crippen LogP contribution in [-0.2, 0) is 12.2 Å². The first-order chi connectivity index (χ1) is 7.29. The average Bonchev–Trinajstić information content (AvgIpc) is 2.26. The zero-order valence-electron chi connectivity index (χ0n) is 9.13. The summed E-state index contributed by atoms with van der Waals surface area (Å²) < 4.78 is 0. The first-order valence-electron chi connectivity index (χ1n) is 5.24. The lowest BCUT2D eigenvalue weighted by Crippen LogP contribution is -1.92. The van der Waals surface area contributed by atoms with Gasteiger partial charge >= 0.3 is 0 Å². The van der Waals surface area contributed by atoms with Crippen molar-refractivity contribution in [2.24, 2.45) is 0 Å². The summed E-state index contributed by atoms with van der Waals surface area (Å²) in [5, 5.41) is 0.903. The van der Waals surface area contributed by atoms with Crippen molar-refractivity contribution in [2.45, 2.75) is 25.5 Å². The summed E-state index contributed by atoms with van der Waals surface area (Å²) >= 11 is 8.11. The van der Waals surface area contributed by atoms with Crippen LogP contribution in [0.15, 0.2) is 30.9 Å². The van der Waals surface area contributed by atoms with E-state index in [2.05, 4.69) is 19.6 Å². The Morgan fingerprint density at radius 1 is 1.47 bits per heavy atom. The molecule has 0 aliphatic carbocycles. The lowest BCUT2D eigenvalue weighted by atomic mass is 10.1. The second-order valence-corrected chi connectivity index (χ2v) is 4.87. The normalized spacial score (nSPS) is 10.3. The number of halogens is 1. The Bertz CT molecular complexity index is 320. The molecule has 0 nitrogen and oxygen atoms in total. The van der Waals surface area contributed by atoms with Gasteiger partial charge in [0.2, 0.25) is 0 Å². The molecule has 0 heterocycles. The van der Waals surface area contributed by atoms with Crippen molar-refractivity contribution >= 4 is 23.4 Å². The molecule has 0 saturated carbocycles. The largest absolute Gasteiger partial charge is 0.157 e. The second kappa shape index (κ2) is 6.97. The Kier molecular flexibility index (Phi) is 5.89. The van der Waals surface area contributed by atoms with Gasteiger partial charge in [-0.3, -0.25) is 0 Å². The third-order valence-electron chi connectivity index (χ3n) is 2.31. The van der Waals surface area contributed by atoms with Crippen molar-refractivity contribution in [2.75, 3.05) is 5.75 Å². The topological polar surface area (TPSA) is 0 Å². The van der Waals surface area contributed by atoms with Crippen LogP contribution in [-0.4, -0.2) is 5.75 Å². The number of allylic oxidation sites excluding steroid dienone is 1. The van der Waals surface area contributed by atoms with E-state index in [0.29, 0.717) is 0 Å². The quantitative estimate of drug-likeness (QED) is 0.513. The van der Waals surface area contributed by atoms with Gasteiger partial charge in [0.1, 0.15) is 0 Å². The molecule has 0 fully saturated rings. The third-order valence-corrected chi connectivity index (χ3v) is 3.68. The van der Waals surface area contributed by atoms with Crippen LogP contribution in [0.2, 0.25) is 5.02 Å². The molecule has 0 spiro atoms. The Morgan fingerprint density at radius 3 is 2.93 bits per heavy atom. The van der Waals surface area contributed by atoms with E-state index >= 15 is 0 Å². The zero-order chi connectivity index (χ0) is 11.1. The highest BCUT2D eigenvalue weighted by atomic mass is 35.5. The van der Waals surface area contributed by atoms with Crippen LogP contribution in [0.5, 0.6) is 0 Å². The minimum Gasteiger partial charge on any atom is -0.157 e. The minimum absolute atomic E-state index is 0.903. The molecule has 82 valence electrons. The summed E-state index contributed by atoms with van der Waals surface area (Å²) in [5.74, 6) is 2.13. The molecule has 0 aliphatic heterocycles. The molecule has 15 heavy (non-hydrogen) atoms. The van der Waals surface area contributed by atoms with Crippen LogP contribution in [0.25, 0.3) is 0 Å². The first kappa shape index (κ1) is 12.7. The Morgan fingerprint density at radius 2 is 2.27 bits per heavy atom. The molecule has 0 radical (unpaired) electrons. The van der Waals surface area contributed by atoms with Gasteiger partial charge in [0.05, 0.1) is 0 Å². The number of benzene rings is 1. The molecule has 0 unspecified atom stereocenters. The van der Waals surface area contributed by atoms with Gasteiger partial charge in [-0.1, -0.05) is 36.7 Å². The van der Waals surface area contributed by atoms with E-state index in [1.165, 1.54) is 11.1 Å². The van der Waals surface area contributed by atoms with E-state index in [-0.39, 0.29) is 0 Å². The van der Waals surface area contributed by atoms with Crippen LogP contribution >= 0.6 is 23.4 Å². The van der Waals surface area contributed by atoms with E-state index in [0.717, 1.165) is 29.4 Å². The summed E-state index contributed by atoms with van der Waals surface area (Å²) in [4.78, 5) is 0. The van der Waals surface area contributed by atoms with E-state index < -0.39 is 0 Å². The zero-order valence-corrected chi connectivity index (χ0v) is 10.7. The fourth-order valence-electron chi connectivity index (χ4n) is 1.44. The van der Waals surface area contributed by atoms with E-state index in [1.807, 2.05) is 30.0 Å². The van der Waals surface area contributed by atoms with Gasteiger partial charge in [-0.05, 0) is 35.8 Å². The summed E-state index contributed by atoms with van der Waals surface area (Å²) in [6, 6.07) is 6.17. The lowest BCUT2D eigenvalue weighted by Gasteiger charge is -2.09. The van der Waals surface area contributed by atoms with Crippen LogP contribution in [0.4, 0.5) is 0 Å². The average molecular weight is 241 g/mol. The van der Waals surface area contributed by atoms with E-state index in [1.54, 1.807) is 0 Å². The monoisotopic (exact) mass is 240 g/mol. The van der Waals surface area contributed by atoms with Crippen molar-refractivity contribution in [3.05, 3.63) is 47.0 Å². The Labute approximate surface area is 102 Å². The molecule has 0 bridgehead atoms. The number of hydrogen-bond donors (Lipinski definition) is 0. The number of thioether (sulfide) groups is 1. The molecule has 1 aromatic carbocycles. The van der Waals surface area contributed by atoms with Crippen molar-refractivity contribution in [3.8, 4) is 0 Å². The maximum atomic E-state index is 6.19. The molecule has 0 saturated heterocycles. The van der Waals surface area contributed by atoms with Crippen molar-refractivity contribution < 1.29 is 0 Å². The minimum atomic E-state index is 0.903. The summed E-state index contributed by atoms with van der Waals surface area (Å²) in [6.07, 6.45) is 4.08. The molecule has 0 atom stereocenters. The third kappa shape index (κ3) is 3.92. The van der Waals surface area contributed by atoms with E-state index in [9.17, 15) is 0 Å². The van der Waals surface area contributed by atoms with Crippen molar-refractivity contribution in [1.29, 1.82) is 0 Å². The van der Waals surface area contributed by atoms with Crippen LogP contribution in [0, 0.1) is 0 Å². The molecule has 0 aromatic heterocycles. The first-order valence-corrected chi connectivity index (χ1v) is 6.77. The predicted molar refractivity (Wildman–Crippen MR) is 71.8 cm³/mol. The summed E-state index contributed by atoms with van der Waals surface area (Å²) in [6.45, 7) is 5.89. The Balaban J connectivity index is 2.61.